The first-order valence-corrected chi connectivity index (χ1v) is 6.44. The summed E-state index contributed by atoms with van der Waals surface area (Å²) in [7, 11) is 0. The van der Waals surface area contributed by atoms with Gasteiger partial charge >= 0.3 is 0 Å². The minimum absolute atomic E-state index is 0.229. The lowest BCUT2D eigenvalue weighted by molar-refractivity contribution is 0.549. The molecule has 0 atom stereocenters. The summed E-state index contributed by atoms with van der Waals surface area (Å²) in [5.41, 5.74) is 3.20. The molecule has 100 valence electrons. The minimum atomic E-state index is 0.229. The van der Waals surface area contributed by atoms with E-state index in [1.165, 1.54) is 6.39 Å². The molecule has 0 aliphatic carbocycles. The van der Waals surface area contributed by atoms with Crippen molar-refractivity contribution in [1.82, 2.24) is 14.5 Å². The number of imidazole rings is 1. The number of oxazole rings is 1. The molecule has 0 radical (unpaired) electrons. The zero-order valence-electron chi connectivity index (χ0n) is 11.6. The monoisotopic (exact) mass is 266 g/mol. The second kappa shape index (κ2) is 4.49. The Balaban J connectivity index is 2.34. The van der Waals surface area contributed by atoms with Gasteiger partial charge in [0.05, 0.1) is 28.4 Å². The summed E-state index contributed by atoms with van der Waals surface area (Å²) in [5, 5.41) is 9.00. The quantitative estimate of drug-likeness (QED) is 0.712. The lowest BCUT2D eigenvalue weighted by Gasteiger charge is -2.11. The molecule has 0 unspecified atom stereocenters. The third kappa shape index (κ3) is 1.77. The van der Waals surface area contributed by atoms with Crippen LogP contribution in [0.3, 0.4) is 0 Å². The van der Waals surface area contributed by atoms with Gasteiger partial charge in [0.25, 0.3) is 0 Å². The molecule has 0 amide bonds. The average Bonchev–Trinajstić information content (AvgIpc) is 3.00. The van der Waals surface area contributed by atoms with Crippen molar-refractivity contribution in [2.45, 2.75) is 26.8 Å². The van der Waals surface area contributed by atoms with Gasteiger partial charge in [-0.05, 0) is 39.0 Å². The molecular weight excluding hydrogens is 252 g/mol. The van der Waals surface area contributed by atoms with E-state index in [0.29, 0.717) is 11.3 Å². The number of benzene rings is 1. The molecule has 5 nitrogen and oxygen atoms in total. The van der Waals surface area contributed by atoms with Crippen LogP contribution < -0.4 is 0 Å². The zero-order chi connectivity index (χ0) is 14.3. The maximum Gasteiger partial charge on any atom is 0.192 e. The maximum absolute atomic E-state index is 9.00. The van der Waals surface area contributed by atoms with Crippen molar-refractivity contribution in [3.63, 3.8) is 0 Å². The molecule has 0 N–H and O–H groups in total. The average molecular weight is 266 g/mol. The second-order valence-electron chi connectivity index (χ2n) is 4.98. The number of fused-ring (bicyclic) bond motifs is 1. The largest absolute Gasteiger partial charge is 0.440 e. The molecule has 0 aliphatic rings. The highest BCUT2D eigenvalue weighted by molar-refractivity contribution is 5.81. The molecule has 2 aromatic heterocycles. The van der Waals surface area contributed by atoms with Crippen LogP contribution in [0.2, 0.25) is 0 Å². The second-order valence-corrected chi connectivity index (χ2v) is 4.98. The summed E-state index contributed by atoms with van der Waals surface area (Å²) >= 11 is 0. The van der Waals surface area contributed by atoms with Crippen LogP contribution in [0.1, 0.15) is 31.1 Å². The van der Waals surface area contributed by atoms with Gasteiger partial charge in [0, 0.05) is 6.04 Å². The number of nitriles is 1. The van der Waals surface area contributed by atoms with E-state index in [0.717, 1.165) is 22.6 Å². The van der Waals surface area contributed by atoms with Crippen LogP contribution in [-0.2, 0) is 0 Å². The summed E-state index contributed by atoms with van der Waals surface area (Å²) in [6.07, 6.45) is 1.43. The number of hydrogen-bond donors (Lipinski definition) is 0. The fourth-order valence-electron chi connectivity index (χ4n) is 2.37. The van der Waals surface area contributed by atoms with Gasteiger partial charge in [-0.2, -0.15) is 5.26 Å². The van der Waals surface area contributed by atoms with Crippen molar-refractivity contribution in [3.05, 3.63) is 35.9 Å². The number of hydrogen-bond acceptors (Lipinski definition) is 4. The van der Waals surface area contributed by atoms with E-state index >= 15 is 0 Å². The molecule has 0 bridgehead atoms. The molecule has 5 heteroatoms. The normalized spacial score (nSPS) is 11.2. The van der Waals surface area contributed by atoms with Crippen molar-refractivity contribution in [3.8, 4) is 17.7 Å². The SMILES string of the molecule is Cc1ncoc1-c1nc2cc(C#N)ccc2n1C(C)C. The van der Waals surface area contributed by atoms with Crippen LogP contribution in [0.5, 0.6) is 0 Å². The Morgan fingerprint density at radius 1 is 1.35 bits per heavy atom. The van der Waals surface area contributed by atoms with Gasteiger partial charge in [-0.1, -0.05) is 0 Å². The van der Waals surface area contributed by atoms with Crippen LogP contribution in [0.4, 0.5) is 0 Å². The van der Waals surface area contributed by atoms with Gasteiger partial charge in [0.15, 0.2) is 18.0 Å². The van der Waals surface area contributed by atoms with Gasteiger partial charge in [0.1, 0.15) is 0 Å². The molecule has 20 heavy (non-hydrogen) atoms. The third-order valence-corrected chi connectivity index (χ3v) is 3.28. The summed E-state index contributed by atoms with van der Waals surface area (Å²) in [4.78, 5) is 8.75. The van der Waals surface area contributed by atoms with Crippen molar-refractivity contribution in [2.24, 2.45) is 0 Å². The van der Waals surface area contributed by atoms with Crippen LogP contribution in [0.15, 0.2) is 29.0 Å². The van der Waals surface area contributed by atoms with E-state index in [2.05, 4.69) is 34.5 Å². The van der Waals surface area contributed by atoms with Gasteiger partial charge in [-0.3, -0.25) is 0 Å². The Morgan fingerprint density at radius 2 is 2.15 bits per heavy atom. The lowest BCUT2D eigenvalue weighted by Crippen LogP contribution is -2.03. The summed E-state index contributed by atoms with van der Waals surface area (Å²) in [6.45, 7) is 6.08. The Hall–Kier alpha value is -2.61. The molecule has 1 aromatic carbocycles. The van der Waals surface area contributed by atoms with E-state index in [9.17, 15) is 0 Å². The molecule has 0 saturated heterocycles. The fourth-order valence-corrected chi connectivity index (χ4v) is 2.37. The molecular formula is C15H14N4O. The molecule has 0 saturated carbocycles. The van der Waals surface area contributed by atoms with Crippen molar-refractivity contribution < 1.29 is 4.42 Å². The Labute approximate surface area is 116 Å². The van der Waals surface area contributed by atoms with Crippen LogP contribution in [0.25, 0.3) is 22.6 Å². The topological polar surface area (TPSA) is 67.6 Å². The highest BCUT2D eigenvalue weighted by Crippen LogP contribution is 2.30. The predicted molar refractivity (Wildman–Crippen MR) is 75.1 cm³/mol. The standard InChI is InChI=1S/C15H14N4O/c1-9(2)19-13-5-4-11(7-16)6-12(13)18-15(19)14-10(3)17-8-20-14/h4-6,8-9H,1-3H3. The van der Waals surface area contributed by atoms with Crippen LogP contribution >= 0.6 is 0 Å². The highest BCUT2D eigenvalue weighted by atomic mass is 16.3. The first-order chi connectivity index (χ1) is 9.61. The smallest absolute Gasteiger partial charge is 0.192 e. The summed E-state index contributed by atoms with van der Waals surface area (Å²) in [5.74, 6) is 1.42. The lowest BCUT2D eigenvalue weighted by atomic mass is 10.2. The van der Waals surface area contributed by atoms with Crippen molar-refractivity contribution in [2.75, 3.05) is 0 Å². The highest BCUT2D eigenvalue weighted by Gasteiger charge is 2.19. The Kier molecular flexibility index (Phi) is 2.79. The van der Waals surface area contributed by atoms with E-state index in [1.54, 1.807) is 12.1 Å². The number of rotatable bonds is 2. The third-order valence-electron chi connectivity index (χ3n) is 3.28. The number of nitrogens with zero attached hydrogens (tertiary/aromatic N) is 4. The summed E-state index contributed by atoms with van der Waals surface area (Å²) < 4.78 is 7.57. The summed E-state index contributed by atoms with van der Waals surface area (Å²) in [6, 6.07) is 7.89. The predicted octanol–water partition coefficient (Wildman–Crippen LogP) is 3.45. The van der Waals surface area contributed by atoms with E-state index in [4.69, 9.17) is 9.68 Å². The fraction of sp³-hybridized carbons (Fsp3) is 0.267. The van der Waals surface area contributed by atoms with Gasteiger partial charge < -0.3 is 8.98 Å². The maximum atomic E-state index is 9.00. The van der Waals surface area contributed by atoms with E-state index in [-0.39, 0.29) is 6.04 Å². The number of aryl methyl sites for hydroxylation is 1. The molecule has 0 aliphatic heterocycles. The number of aromatic nitrogens is 3. The molecule has 2 heterocycles. The van der Waals surface area contributed by atoms with Gasteiger partial charge in [0.2, 0.25) is 0 Å². The Morgan fingerprint density at radius 3 is 2.75 bits per heavy atom. The van der Waals surface area contributed by atoms with Crippen molar-refractivity contribution >= 4 is 11.0 Å². The first kappa shape index (κ1) is 12.4. The van der Waals surface area contributed by atoms with Crippen LogP contribution in [0, 0.1) is 18.3 Å². The van der Waals surface area contributed by atoms with E-state index < -0.39 is 0 Å². The molecule has 0 spiro atoms. The minimum Gasteiger partial charge on any atom is -0.440 e. The molecule has 0 fully saturated rings. The van der Waals surface area contributed by atoms with Gasteiger partial charge in [-0.25, -0.2) is 9.97 Å². The van der Waals surface area contributed by atoms with E-state index in [1.807, 2.05) is 13.0 Å². The van der Waals surface area contributed by atoms with Crippen molar-refractivity contribution in [1.29, 1.82) is 5.26 Å². The molecule has 3 rings (SSSR count). The Bertz CT molecular complexity index is 820. The first-order valence-electron chi connectivity index (χ1n) is 6.44. The zero-order valence-corrected chi connectivity index (χ0v) is 11.6. The van der Waals surface area contributed by atoms with Gasteiger partial charge in [-0.15, -0.1) is 0 Å². The molecule has 3 aromatic rings. The van der Waals surface area contributed by atoms with Crippen LogP contribution in [-0.4, -0.2) is 14.5 Å².